The van der Waals surface area contributed by atoms with Crippen LogP contribution in [0.3, 0.4) is 0 Å². The third-order valence-electron chi connectivity index (χ3n) is 3.49. The predicted octanol–water partition coefficient (Wildman–Crippen LogP) is 2.96. The van der Waals surface area contributed by atoms with E-state index in [2.05, 4.69) is 21.2 Å². The van der Waals surface area contributed by atoms with Crippen LogP contribution in [0.2, 0.25) is 5.02 Å². The largest absolute Gasteiger partial charge is 0.394 e. The number of nitrogens with zero attached hydrogens (tertiary/aromatic N) is 1. The summed E-state index contributed by atoms with van der Waals surface area (Å²) in [6, 6.07) is 5.05. The summed E-state index contributed by atoms with van der Waals surface area (Å²) < 4.78 is 0.772. The van der Waals surface area contributed by atoms with Gasteiger partial charge in [-0.25, -0.2) is 0 Å². The van der Waals surface area contributed by atoms with Crippen molar-refractivity contribution in [2.45, 2.75) is 25.3 Å². The quantitative estimate of drug-likeness (QED) is 0.761. The Hall–Kier alpha value is -0.690. The number of aliphatic hydroxyl groups is 1. The molecule has 1 aliphatic heterocycles. The molecule has 2 rings (SSSR count). The summed E-state index contributed by atoms with van der Waals surface area (Å²) in [6.07, 6.45) is 2.95. The van der Waals surface area contributed by atoms with Crippen molar-refractivity contribution in [2.75, 3.05) is 13.2 Å². The number of amides is 1. The number of hydrogen-bond acceptors (Lipinski definition) is 3. The van der Waals surface area contributed by atoms with Crippen molar-refractivity contribution in [3.63, 3.8) is 0 Å². The van der Waals surface area contributed by atoms with Crippen molar-refractivity contribution in [1.29, 1.82) is 0 Å². The monoisotopic (exact) mass is 390 g/mol. The summed E-state index contributed by atoms with van der Waals surface area (Å²) in [5.41, 5.74) is 0.367. The predicted molar refractivity (Wildman–Crippen MR) is 90.6 cm³/mol. The molecule has 114 valence electrons. The molecule has 1 aromatic rings. The summed E-state index contributed by atoms with van der Waals surface area (Å²) in [5.74, 6) is -0.339. The summed E-state index contributed by atoms with van der Waals surface area (Å²) in [4.78, 5) is 14.2. The number of aliphatic hydroxyl groups excluding tert-OH is 1. The second-order valence-electron chi connectivity index (χ2n) is 4.91. The number of likely N-dealkylation sites (tertiary alicyclic amines) is 1. The van der Waals surface area contributed by atoms with E-state index in [0.717, 1.165) is 30.3 Å². The van der Waals surface area contributed by atoms with Crippen molar-refractivity contribution >= 4 is 50.8 Å². The first kappa shape index (κ1) is 16.7. The van der Waals surface area contributed by atoms with Crippen LogP contribution in [0.1, 0.15) is 29.6 Å². The summed E-state index contributed by atoms with van der Waals surface area (Å²) in [5, 5.41) is 12.8. The molecule has 2 N–H and O–H groups in total. The van der Waals surface area contributed by atoms with Gasteiger partial charge in [0.05, 0.1) is 23.2 Å². The van der Waals surface area contributed by atoms with Gasteiger partial charge in [-0.1, -0.05) is 27.5 Å². The second-order valence-corrected chi connectivity index (χ2v) is 6.62. The van der Waals surface area contributed by atoms with E-state index in [1.807, 2.05) is 4.90 Å². The SMILES string of the molecule is O=C(NC(=S)N1CCCCC1CO)c1cc(Br)ccc1Cl. The Balaban J connectivity index is 2.08. The van der Waals surface area contributed by atoms with Gasteiger partial charge >= 0.3 is 0 Å². The van der Waals surface area contributed by atoms with Gasteiger partial charge in [-0.05, 0) is 49.7 Å². The lowest BCUT2D eigenvalue weighted by atomic mass is 10.0. The molecule has 1 unspecified atom stereocenters. The Bertz CT molecular complexity index is 556. The summed E-state index contributed by atoms with van der Waals surface area (Å²) in [7, 11) is 0. The first-order valence-corrected chi connectivity index (χ1v) is 8.28. The molecule has 0 radical (unpaired) electrons. The maximum absolute atomic E-state index is 12.3. The van der Waals surface area contributed by atoms with E-state index in [1.54, 1.807) is 18.2 Å². The number of piperidine rings is 1. The zero-order chi connectivity index (χ0) is 15.4. The van der Waals surface area contributed by atoms with E-state index in [-0.39, 0.29) is 18.6 Å². The highest BCUT2D eigenvalue weighted by molar-refractivity contribution is 9.10. The van der Waals surface area contributed by atoms with Crippen LogP contribution in [-0.2, 0) is 0 Å². The second kappa shape index (κ2) is 7.54. The molecule has 1 atom stereocenters. The Morgan fingerprint density at radius 1 is 1.52 bits per heavy atom. The molecule has 0 aliphatic carbocycles. The number of carbonyl (C=O) groups is 1. The number of benzene rings is 1. The van der Waals surface area contributed by atoms with E-state index in [0.29, 0.717) is 15.7 Å². The molecule has 0 spiro atoms. The van der Waals surface area contributed by atoms with Crippen LogP contribution in [0, 0.1) is 0 Å². The van der Waals surface area contributed by atoms with Crippen molar-refractivity contribution in [2.24, 2.45) is 0 Å². The van der Waals surface area contributed by atoms with Crippen molar-refractivity contribution < 1.29 is 9.90 Å². The minimum absolute atomic E-state index is 0.0236. The Morgan fingerprint density at radius 3 is 3.00 bits per heavy atom. The number of thiocarbonyl (C=S) groups is 1. The van der Waals surface area contributed by atoms with Crippen LogP contribution in [-0.4, -0.2) is 40.2 Å². The molecule has 1 saturated heterocycles. The van der Waals surface area contributed by atoms with Crippen LogP contribution in [0.4, 0.5) is 0 Å². The fourth-order valence-electron chi connectivity index (χ4n) is 2.37. The van der Waals surface area contributed by atoms with E-state index in [4.69, 9.17) is 23.8 Å². The Kier molecular flexibility index (Phi) is 5.98. The van der Waals surface area contributed by atoms with Gasteiger partial charge < -0.3 is 10.0 Å². The van der Waals surface area contributed by atoms with Crippen molar-refractivity contribution in [3.05, 3.63) is 33.3 Å². The number of rotatable bonds is 2. The van der Waals surface area contributed by atoms with E-state index in [1.165, 1.54) is 0 Å². The van der Waals surface area contributed by atoms with Gasteiger partial charge in [-0.2, -0.15) is 0 Å². The van der Waals surface area contributed by atoms with E-state index < -0.39 is 0 Å². The molecule has 1 heterocycles. The van der Waals surface area contributed by atoms with Crippen LogP contribution < -0.4 is 5.32 Å². The van der Waals surface area contributed by atoms with Crippen molar-refractivity contribution in [3.8, 4) is 0 Å². The van der Waals surface area contributed by atoms with Gasteiger partial charge in [0, 0.05) is 11.0 Å². The molecular formula is C14H16BrClN2O2S. The van der Waals surface area contributed by atoms with Crippen LogP contribution in [0.15, 0.2) is 22.7 Å². The highest BCUT2D eigenvalue weighted by atomic mass is 79.9. The molecule has 1 aliphatic rings. The Labute approximate surface area is 142 Å². The smallest absolute Gasteiger partial charge is 0.258 e. The molecule has 4 nitrogen and oxygen atoms in total. The zero-order valence-corrected chi connectivity index (χ0v) is 14.5. The highest BCUT2D eigenvalue weighted by Gasteiger charge is 2.25. The van der Waals surface area contributed by atoms with Crippen LogP contribution >= 0.6 is 39.7 Å². The third kappa shape index (κ3) is 4.16. The molecule has 1 fully saturated rings. The summed E-state index contributed by atoms with van der Waals surface area (Å²) in [6.45, 7) is 0.782. The first-order chi connectivity index (χ1) is 10.0. The topological polar surface area (TPSA) is 52.6 Å². The Morgan fingerprint density at radius 2 is 2.29 bits per heavy atom. The number of carbonyl (C=O) groups excluding carboxylic acids is 1. The van der Waals surface area contributed by atoms with Crippen molar-refractivity contribution in [1.82, 2.24) is 10.2 Å². The lowest BCUT2D eigenvalue weighted by Crippen LogP contribution is -2.51. The fraction of sp³-hybridized carbons (Fsp3) is 0.429. The maximum Gasteiger partial charge on any atom is 0.258 e. The van der Waals surface area contributed by atoms with Gasteiger partial charge in [-0.15, -0.1) is 0 Å². The highest BCUT2D eigenvalue weighted by Crippen LogP contribution is 2.21. The number of hydrogen-bond donors (Lipinski definition) is 2. The van der Waals surface area contributed by atoms with E-state index >= 15 is 0 Å². The van der Waals surface area contributed by atoms with Gasteiger partial charge in [0.1, 0.15) is 0 Å². The lowest BCUT2D eigenvalue weighted by molar-refractivity contribution is 0.0962. The average molecular weight is 392 g/mol. The standard InChI is InChI=1S/C14H16BrClN2O2S/c15-9-4-5-12(16)11(7-9)13(20)17-14(21)18-6-2-1-3-10(18)8-19/h4-5,7,10,19H,1-3,6,8H2,(H,17,20,21). The first-order valence-electron chi connectivity index (χ1n) is 6.71. The normalized spacial score (nSPS) is 18.4. The van der Waals surface area contributed by atoms with Gasteiger partial charge in [-0.3, -0.25) is 10.1 Å². The molecule has 0 saturated carbocycles. The minimum atomic E-state index is -0.339. The van der Waals surface area contributed by atoms with E-state index in [9.17, 15) is 9.90 Å². The fourth-order valence-corrected chi connectivity index (χ4v) is 3.26. The average Bonchev–Trinajstić information content (AvgIpc) is 2.49. The van der Waals surface area contributed by atoms with Gasteiger partial charge in [0.2, 0.25) is 0 Å². The van der Waals surface area contributed by atoms with Crippen LogP contribution in [0.5, 0.6) is 0 Å². The lowest BCUT2D eigenvalue weighted by Gasteiger charge is -2.36. The maximum atomic E-state index is 12.3. The summed E-state index contributed by atoms with van der Waals surface area (Å²) >= 11 is 14.6. The number of halogens is 2. The number of nitrogens with one attached hydrogen (secondary N) is 1. The third-order valence-corrected chi connectivity index (χ3v) is 4.65. The molecular weight excluding hydrogens is 376 g/mol. The van der Waals surface area contributed by atoms with Gasteiger partial charge in [0.15, 0.2) is 5.11 Å². The molecule has 0 bridgehead atoms. The zero-order valence-electron chi connectivity index (χ0n) is 11.3. The molecule has 0 aromatic heterocycles. The van der Waals surface area contributed by atoms with Gasteiger partial charge in [0.25, 0.3) is 5.91 Å². The minimum Gasteiger partial charge on any atom is -0.394 e. The molecule has 21 heavy (non-hydrogen) atoms. The van der Waals surface area contributed by atoms with Crippen LogP contribution in [0.25, 0.3) is 0 Å². The molecule has 1 aromatic carbocycles. The molecule has 7 heteroatoms. The molecule has 1 amide bonds.